The predicted molar refractivity (Wildman–Crippen MR) is 66.0 cm³/mol. The molecule has 0 fully saturated rings. The number of hydrogen-bond acceptors (Lipinski definition) is 5. The van der Waals surface area contributed by atoms with E-state index in [9.17, 15) is 14.7 Å². The number of carbonyl (C=O) groups is 2. The Balaban J connectivity index is 2.57. The zero-order valence-corrected chi connectivity index (χ0v) is 10.5. The lowest BCUT2D eigenvalue weighted by molar-refractivity contribution is 0.0586. The van der Waals surface area contributed by atoms with Crippen molar-refractivity contribution in [3.05, 3.63) is 29.6 Å². The van der Waals surface area contributed by atoms with Crippen LogP contribution in [0.3, 0.4) is 0 Å². The van der Waals surface area contributed by atoms with Gasteiger partial charge in [-0.1, -0.05) is 0 Å². The number of carboxylic acids is 1. The van der Waals surface area contributed by atoms with E-state index < -0.39 is 18.0 Å². The second kappa shape index (κ2) is 7.45. The molecular formula is C12H16N2O5. The standard InChI is InChI=1S/C12H16N2O5/c1-19-7-8(15)4-6-14-11(16)10-9(12(17)18)3-2-5-13-10/h2-3,5,8,15H,4,6-7H2,1H3,(H,14,16)(H,17,18). The van der Waals surface area contributed by atoms with Crippen molar-refractivity contribution >= 4 is 11.9 Å². The SMILES string of the molecule is COCC(O)CCNC(=O)c1ncccc1C(=O)O. The summed E-state index contributed by atoms with van der Waals surface area (Å²) in [6, 6.07) is 2.76. The monoisotopic (exact) mass is 268 g/mol. The van der Waals surface area contributed by atoms with Crippen LogP contribution in [0, 0.1) is 0 Å². The van der Waals surface area contributed by atoms with Gasteiger partial charge in [0.2, 0.25) is 0 Å². The number of methoxy groups -OCH3 is 1. The van der Waals surface area contributed by atoms with E-state index in [-0.39, 0.29) is 24.4 Å². The fraction of sp³-hybridized carbons (Fsp3) is 0.417. The first-order valence-electron chi connectivity index (χ1n) is 5.69. The zero-order valence-electron chi connectivity index (χ0n) is 10.5. The van der Waals surface area contributed by atoms with E-state index in [0.29, 0.717) is 6.42 Å². The Morgan fingerprint density at radius 3 is 2.89 bits per heavy atom. The highest BCUT2D eigenvalue weighted by Gasteiger charge is 2.17. The van der Waals surface area contributed by atoms with Gasteiger partial charge in [0.25, 0.3) is 5.91 Å². The molecule has 0 aromatic carbocycles. The summed E-state index contributed by atoms with van der Waals surface area (Å²) in [4.78, 5) is 26.4. The van der Waals surface area contributed by atoms with Gasteiger partial charge in [-0.05, 0) is 18.6 Å². The Bertz CT molecular complexity index is 450. The highest BCUT2D eigenvalue weighted by atomic mass is 16.5. The first-order valence-corrected chi connectivity index (χ1v) is 5.69. The molecule has 0 aliphatic heterocycles. The molecule has 1 unspecified atom stereocenters. The summed E-state index contributed by atoms with van der Waals surface area (Å²) in [5, 5.41) is 20.8. The first kappa shape index (κ1) is 15.1. The van der Waals surface area contributed by atoms with E-state index in [0.717, 1.165) is 0 Å². The van der Waals surface area contributed by atoms with Crippen LogP contribution in [0.1, 0.15) is 27.3 Å². The molecule has 1 amide bonds. The maximum Gasteiger partial charge on any atom is 0.338 e. The van der Waals surface area contributed by atoms with E-state index >= 15 is 0 Å². The molecule has 0 saturated carbocycles. The van der Waals surface area contributed by atoms with Crippen LogP contribution >= 0.6 is 0 Å². The van der Waals surface area contributed by atoms with Crippen molar-refractivity contribution in [2.75, 3.05) is 20.3 Å². The number of carbonyl (C=O) groups excluding carboxylic acids is 1. The summed E-state index contributed by atoms with van der Waals surface area (Å²) >= 11 is 0. The van der Waals surface area contributed by atoms with Crippen molar-refractivity contribution < 1.29 is 24.5 Å². The van der Waals surface area contributed by atoms with E-state index in [2.05, 4.69) is 10.3 Å². The summed E-state index contributed by atoms with van der Waals surface area (Å²) in [6.45, 7) is 0.388. The van der Waals surface area contributed by atoms with Gasteiger partial charge in [-0.3, -0.25) is 9.78 Å². The summed E-state index contributed by atoms with van der Waals surface area (Å²) in [5.41, 5.74) is -0.298. The molecule has 0 aliphatic rings. The molecule has 0 bridgehead atoms. The molecule has 1 aromatic heterocycles. The first-order chi connectivity index (χ1) is 9.06. The van der Waals surface area contributed by atoms with Gasteiger partial charge in [-0.25, -0.2) is 4.79 Å². The third-order valence-electron chi connectivity index (χ3n) is 2.38. The van der Waals surface area contributed by atoms with E-state index in [1.54, 1.807) is 0 Å². The number of hydrogen-bond donors (Lipinski definition) is 3. The van der Waals surface area contributed by atoms with Crippen LogP contribution in [0.5, 0.6) is 0 Å². The number of aromatic nitrogens is 1. The van der Waals surface area contributed by atoms with Crippen molar-refractivity contribution in [3.8, 4) is 0 Å². The Labute approximate surface area is 110 Å². The van der Waals surface area contributed by atoms with Crippen molar-refractivity contribution in [1.29, 1.82) is 0 Å². The number of aliphatic hydroxyl groups is 1. The number of rotatable bonds is 7. The number of carboxylic acid groups (broad SMARTS) is 1. The topological polar surface area (TPSA) is 109 Å². The fourth-order valence-electron chi connectivity index (χ4n) is 1.47. The van der Waals surface area contributed by atoms with Gasteiger partial charge >= 0.3 is 5.97 Å². The van der Waals surface area contributed by atoms with Gasteiger partial charge in [-0.15, -0.1) is 0 Å². The average Bonchev–Trinajstić information content (AvgIpc) is 2.38. The number of aliphatic hydroxyl groups excluding tert-OH is 1. The third kappa shape index (κ3) is 4.65. The van der Waals surface area contributed by atoms with Gasteiger partial charge in [0.1, 0.15) is 5.69 Å². The molecule has 104 valence electrons. The molecule has 1 atom stereocenters. The molecule has 0 aliphatic carbocycles. The van der Waals surface area contributed by atoms with Crippen LogP contribution in [-0.4, -0.2) is 53.4 Å². The van der Waals surface area contributed by atoms with Crippen LogP contribution in [-0.2, 0) is 4.74 Å². The molecule has 19 heavy (non-hydrogen) atoms. The number of amides is 1. The summed E-state index contributed by atoms with van der Waals surface area (Å²) in [6.07, 6.45) is 0.989. The Morgan fingerprint density at radius 2 is 2.26 bits per heavy atom. The molecule has 1 aromatic rings. The Hall–Kier alpha value is -1.99. The van der Waals surface area contributed by atoms with Crippen molar-refractivity contribution in [2.45, 2.75) is 12.5 Å². The van der Waals surface area contributed by atoms with Gasteiger partial charge in [0, 0.05) is 19.9 Å². The van der Waals surface area contributed by atoms with Crippen LogP contribution in [0.25, 0.3) is 0 Å². The number of nitrogens with zero attached hydrogens (tertiary/aromatic N) is 1. The van der Waals surface area contributed by atoms with Gasteiger partial charge in [0.15, 0.2) is 0 Å². The minimum atomic E-state index is -1.21. The lowest BCUT2D eigenvalue weighted by atomic mass is 10.2. The maximum absolute atomic E-state index is 11.8. The summed E-state index contributed by atoms with van der Waals surface area (Å²) in [5.74, 6) is -1.79. The maximum atomic E-state index is 11.8. The van der Waals surface area contributed by atoms with Crippen molar-refractivity contribution in [2.24, 2.45) is 0 Å². The normalized spacial score (nSPS) is 11.9. The molecule has 7 nitrogen and oxygen atoms in total. The average molecular weight is 268 g/mol. The summed E-state index contributed by atoms with van der Waals surface area (Å²) in [7, 11) is 1.47. The van der Waals surface area contributed by atoms with Crippen LogP contribution < -0.4 is 5.32 Å². The van der Waals surface area contributed by atoms with Gasteiger partial charge in [-0.2, -0.15) is 0 Å². The number of ether oxygens (including phenoxy) is 1. The van der Waals surface area contributed by atoms with Crippen molar-refractivity contribution in [3.63, 3.8) is 0 Å². The molecule has 7 heteroatoms. The number of pyridine rings is 1. The quantitative estimate of drug-likeness (QED) is 0.637. The Morgan fingerprint density at radius 1 is 1.53 bits per heavy atom. The predicted octanol–water partition coefficient (Wildman–Crippen LogP) is -0.0930. The smallest absolute Gasteiger partial charge is 0.338 e. The van der Waals surface area contributed by atoms with Crippen LogP contribution in [0.2, 0.25) is 0 Å². The molecule has 0 radical (unpaired) electrons. The molecule has 1 heterocycles. The summed E-state index contributed by atoms with van der Waals surface area (Å²) < 4.78 is 4.74. The van der Waals surface area contributed by atoms with Gasteiger partial charge in [0.05, 0.1) is 18.3 Å². The number of aromatic carboxylic acids is 1. The largest absolute Gasteiger partial charge is 0.478 e. The molecule has 3 N–H and O–H groups in total. The third-order valence-corrected chi connectivity index (χ3v) is 2.38. The highest BCUT2D eigenvalue weighted by molar-refractivity contribution is 6.03. The molecular weight excluding hydrogens is 252 g/mol. The number of nitrogens with one attached hydrogen (secondary N) is 1. The van der Waals surface area contributed by atoms with Gasteiger partial charge < -0.3 is 20.3 Å². The second-order valence-electron chi connectivity index (χ2n) is 3.86. The van der Waals surface area contributed by atoms with E-state index in [4.69, 9.17) is 9.84 Å². The molecule has 0 saturated heterocycles. The van der Waals surface area contributed by atoms with E-state index in [1.165, 1.54) is 25.4 Å². The fourth-order valence-corrected chi connectivity index (χ4v) is 1.47. The minimum absolute atomic E-state index is 0.142. The second-order valence-corrected chi connectivity index (χ2v) is 3.86. The zero-order chi connectivity index (χ0) is 14.3. The van der Waals surface area contributed by atoms with E-state index in [1.807, 2.05) is 0 Å². The lowest BCUT2D eigenvalue weighted by Gasteiger charge is -2.10. The molecule has 0 spiro atoms. The lowest BCUT2D eigenvalue weighted by Crippen LogP contribution is -2.30. The van der Waals surface area contributed by atoms with Crippen LogP contribution in [0.4, 0.5) is 0 Å². The highest BCUT2D eigenvalue weighted by Crippen LogP contribution is 2.05. The van der Waals surface area contributed by atoms with Crippen molar-refractivity contribution in [1.82, 2.24) is 10.3 Å². The minimum Gasteiger partial charge on any atom is -0.478 e. The van der Waals surface area contributed by atoms with Crippen LogP contribution in [0.15, 0.2) is 18.3 Å². The Kier molecular flexibility index (Phi) is 5.91. The molecule has 1 rings (SSSR count).